The van der Waals surface area contributed by atoms with Gasteiger partial charge in [-0.25, -0.2) is 13.2 Å². The van der Waals surface area contributed by atoms with E-state index in [1.807, 2.05) is 6.92 Å². The number of esters is 1. The summed E-state index contributed by atoms with van der Waals surface area (Å²) in [4.78, 5) is 26.2. The van der Waals surface area contributed by atoms with Gasteiger partial charge in [-0.05, 0) is 49.9 Å². The van der Waals surface area contributed by atoms with Crippen LogP contribution in [0.5, 0.6) is 0 Å². The summed E-state index contributed by atoms with van der Waals surface area (Å²) in [6.45, 7) is 2.36. The summed E-state index contributed by atoms with van der Waals surface area (Å²) in [7, 11) is -2.04. The average molecular weight is 366 g/mol. The second kappa shape index (κ2) is 6.33. The quantitative estimate of drug-likeness (QED) is 0.750. The zero-order chi connectivity index (χ0) is 18.4. The Morgan fingerprint density at radius 2 is 2.00 bits per heavy atom. The first kappa shape index (κ1) is 17.7. The van der Waals surface area contributed by atoms with Gasteiger partial charge in [-0.2, -0.15) is 0 Å². The van der Waals surface area contributed by atoms with Crippen LogP contribution in [-0.4, -0.2) is 57.2 Å². The van der Waals surface area contributed by atoms with Crippen molar-refractivity contribution in [1.82, 2.24) is 4.90 Å². The van der Waals surface area contributed by atoms with Gasteiger partial charge in [0.2, 0.25) is 10.0 Å². The number of amides is 1. The second-order valence-electron chi connectivity index (χ2n) is 6.64. The molecule has 1 amide bonds. The molecule has 2 heterocycles. The molecule has 8 heteroatoms. The molecule has 3 rings (SSSR count). The van der Waals surface area contributed by atoms with E-state index in [0.717, 1.165) is 12.0 Å². The maximum absolute atomic E-state index is 12.8. The molecule has 1 aromatic rings. The number of rotatable bonds is 3. The van der Waals surface area contributed by atoms with Crippen molar-refractivity contribution in [1.29, 1.82) is 0 Å². The number of likely N-dealkylation sites (tertiary alicyclic amines) is 1. The van der Waals surface area contributed by atoms with E-state index < -0.39 is 22.0 Å². The van der Waals surface area contributed by atoms with Crippen molar-refractivity contribution in [2.24, 2.45) is 0 Å². The zero-order valence-corrected chi connectivity index (χ0v) is 15.4. The number of methoxy groups -OCH3 is 1. The molecule has 1 saturated heterocycles. The predicted octanol–water partition coefficient (Wildman–Crippen LogP) is 1.17. The largest absolute Gasteiger partial charge is 0.467 e. The molecule has 7 nitrogen and oxygen atoms in total. The Labute approximate surface area is 147 Å². The first-order valence-electron chi connectivity index (χ1n) is 8.25. The molecule has 0 saturated carbocycles. The lowest BCUT2D eigenvalue weighted by Crippen LogP contribution is -2.41. The molecule has 0 bridgehead atoms. The molecule has 0 aliphatic carbocycles. The molecule has 1 aromatic carbocycles. The number of anilines is 1. The fourth-order valence-corrected chi connectivity index (χ4v) is 5.06. The van der Waals surface area contributed by atoms with E-state index in [0.29, 0.717) is 30.6 Å². The van der Waals surface area contributed by atoms with Crippen molar-refractivity contribution in [3.63, 3.8) is 0 Å². The minimum atomic E-state index is -3.36. The topological polar surface area (TPSA) is 84.0 Å². The van der Waals surface area contributed by atoms with Gasteiger partial charge in [0.1, 0.15) is 6.04 Å². The minimum Gasteiger partial charge on any atom is -0.467 e. The standard InChI is InChI=1S/C17H22N2O5S/c1-11-9-13-10-12(6-7-14(13)19(11)25(3,22)23)16(20)18-8-4-5-15(18)17(21)24-2/h6-7,10-11,15H,4-5,8-9H2,1-3H3/t11-,15+/m0/s1. The summed E-state index contributed by atoms with van der Waals surface area (Å²) in [5.41, 5.74) is 1.92. The van der Waals surface area contributed by atoms with Gasteiger partial charge in [-0.3, -0.25) is 9.10 Å². The Balaban J connectivity index is 1.90. The fraction of sp³-hybridized carbons (Fsp3) is 0.529. The molecule has 2 atom stereocenters. The van der Waals surface area contributed by atoms with Crippen LogP contribution >= 0.6 is 0 Å². The number of hydrogen-bond acceptors (Lipinski definition) is 5. The van der Waals surface area contributed by atoms with E-state index in [1.165, 1.54) is 17.7 Å². The van der Waals surface area contributed by atoms with Crippen molar-refractivity contribution >= 4 is 27.6 Å². The number of benzene rings is 1. The first-order chi connectivity index (χ1) is 11.7. The van der Waals surface area contributed by atoms with E-state index in [-0.39, 0.29) is 11.9 Å². The summed E-state index contributed by atoms with van der Waals surface area (Å²) < 4.78 is 30.1. The molecule has 0 N–H and O–H groups in total. The van der Waals surface area contributed by atoms with E-state index >= 15 is 0 Å². The van der Waals surface area contributed by atoms with Crippen LogP contribution in [0.1, 0.15) is 35.7 Å². The van der Waals surface area contributed by atoms with Crippen LogP contribution in [0.4, 0.5) is 5.69 Å². The van der Waals surface area contributed by atoms with Gasteiger partial charge >= 0.3 is 5.97 Å². The van der Waals surface area contributed by atoms with Gasteiger partial charge in [-0.15, -0.1) is 0 Å². The SMILES string of the molecule is COC(=O)[C@H]1CCCN1C(=O)c1ccc2c(c1)C[C@H](C)N2S(C)(=O)=O. The number of carbonyl (C=O) groups is 2. The van der Waals surface area contributed by atoms with Crippen molar-refractivity contribution in [2.75, 3.05) is 24.2 Å². The molecule has 0 radical (unpaired) electrons. The van der Waals surface area contributed by atoms with E-state index in [9.17, 15) is 18.0 Å². The third kappa shape index (κ3) is 3.10. The molecule has 0 spiro atoms. The Kier molecular flexibility index (Phi) is 4.49. The highest BCUT2D eigenvalue weighted by molar-refractivity contribution is 7.92. The van der Waals surface area contributed by atoms with Crippen LogP contribution in [0.25, 0.3) is 0 Å². The zero-order valence-electron chi connectivity index (χ0n) is 14.6. The molecule has 2 aliphatic rings. The predicted molar refractivity (Wildman–Crippen MR) is 93.0 cm³/mol. The normalized spacial score (nSPS) is 22.8. The van der Waals surface area contributed by atoms with Gasteiger partial charge in [-0.1, -0.05) is 0 Å². The molecule has 1 fully saturated rings. The van der Waals surface area contributed by atoms with Gasteiger partial charge in [0.15, 0.2) is 0 Å². The Morgan fingerprint density at radius 1 is 1.28 bits per heavy atom. The summed E-state index contributed by atoms with van der Waals surface area (Å²) in [6, 6.07) is 4.33. The van der Waals surface area contributed by atoms with Crippen molar-refractivity contribution in [3.05, 3.63) is 29.3 Å². The lowest BCUT2D eigenvalue weighted by molar-refractivity contribution is -0.145. The maximum atomic E-state index is 12.8. The van der Waals surface area contributed by atoms with Crippen LogP contribution in [0.15, 0.2) is 18.2 Å². The summed E-state index contributed by atoms with van der Waals surface area (Å²) in [6.07, 6.45) is 3.10. The average Bonchev–Trinajstić information content (AvgIpc) is 3.15. The number of sulfonamides is 1. The van der Waals surface area contributed by atoms with E-state index in [1.54, 1.807) is 23.1 Å². The molecule has 136 valence electrons. The molecular weight excluding hydrogens is 344 g/mol. The van der Waals surface area contributed by atoms with Crippen molar-refractivity contribution in [3.8, 4) is 0 Å². The third-order valence-electron chi connectivity index (χ3n) is 4.82. The summed E-state index contributed by atoms with van der Waals surface area (Å²) >= 11 is 0. The molecule has 0 unspecified atom stereocenters. The number of hydrogen-bond donors (Lipinski definition) is 0. The minimum absolute atomic E-state index is 0.176. The summed E-state index contributed by atoms with van der Waals surface area (Å²) in [5.74, 6) is -0.620. The van der Waals surface area contributed by atoms with Gasteiger partial charge < -0.3 is 9.64 Å². The van der Waals surface area contributed by atoms with Crippen molar-refractivity contribution in [2.45, 2.75) is 38.3 Å². The summed E-state index contributed by atoms with van der Waals surface area (Å²) in [5, 5.41) is 0. The molecule has 2 aliphatic heterocycles. The Morgan fingerprint density at radius 3 is 2.64 bits per heavy atom. The Bertz CT molecular complexity index is 820. The first-order valence-corrected chi connectivity index (χ1v) is 10.1. The highest BCUT2D eigenvalue weighted by atomic mass is 32.2. The highest BCUT2D eigenvalue weighted by Gasteiger charge is 2.37. The van der Waals surface area contributed by atoms with Crippen LogP contribution in [-0.2, 0) is 26.0 Å². The second-order valence-corrected chi connectivity index (χ2v) is 8.49. The van der Waals surface area contributed by atoms with Crippen LogP contribution in [0, 0.1) is 0 Å². The van der Waals surface area contributed by atoms with Gasteiger partial charge in [0, 0.05) is 18.2 Å². The number of fused-ring (bicyclic) bond motifs is 1. The number of ether oxygens (including phenoxy) is 1. The smallest absolute Gasteiger partial charge is 0.328 e. The molecule has 0 aromatic heterocycles. The fourth-order valence-electron chi connectivity index (χ4n) is 3.80. The third-order valence-corrected chi connectivity index (χ3v) is 6.09. The monoisotopic (exact) mass is 366 g/mol. The van der Waals surface area contributed by atoms with Crippen LogP contribution < -0.4 is 4.31 Å². The van der Waals surface area contributed by atoms with E-state index in [2.05, 4.69) is 0 Å². The van der Waals surface area contributed by atoms with Gasteiger partial charge in [0.25, 0.3) is 5.91 Å². The van der Waals surface area contributed by atoms with Crippen molar-refractivity contribution < 1.29 is 22.7 Å². The maximum Gasteiger partial charge on any atom is 0.328 e. The Hall–Kier alpha value is -2.09. The lowest BCUT2D eigenvalue weighted by Gasteiger charge is -2.23. The van der Waals surface area contributed by atoms with Crippen LogP contribution in [0.3, 0.4) is 0 Å². The molecule has 25 heavy (non-hydrogen) atoms. The number of nitrogens with zero attached hydrogens (tertiary/aromatic N) is 2. The van der Waals surface area contributed by atoms with Gasteiger partial charge in [0.05, 0.1) is 19.1 Å². The van der Waals surface area contributed by atoms with E-state index in [4.69, 9.17) is 4.74 Å². The van der Waals surface area contributed by atoms with Crippen LogP contribution in [0.2, 0.25) is 0 Å². The highest BCUT2D eigenvalue weighted by Crippen LogP contribution is 2.35. The lowest BCUT2D eigenvalue weighted by atomic mass is 10.1. The number of carbonyl (C=O) groups excluding carboxylic acids is 2. The molecular formula is C17H22N2O5S.